The molecular weight excluding hydrogens is 138 g/mol. The Labute approximate surface area is 61.8 Å². The second kappa shape index (κ2) is 4.09. The first kappa shape index (κ1) is 9.21. The van der Waals surface area contributed by atoms with E-state index in [1.807, 2.05) is 0 Å². The van der Waals surface area contributed by atoms with Crippen molar-refractivity contribution < 1.29 is 5.11 Å². The smallest absolute Gasteiger partial charge is 0.0541 e. The molecule has 3 heteroatoms. The summed E-state index contributed by atoms with van der Waals surface area (Å²) in [4.78, 5) is 0. The van der Waals surface area contributed by atoms with Crippen LogP contribution in [0.1, 0.15) is 25.7 Å². The first-order valence-corrected chi connectivity index (χ1v) is 3.22. The van der Waals surface area contributed by atoms with Gasteiger partial charge in [0.1, 0.15) is 0 Å². The molecule has 0 atom stereocenters. The molecule has 0 unspecified atom stereocenters. The Bertz CT molecular complexity index is 61.5. The first-order valence-electron chi connectivity index (χ1n) is 3.22. The maximum absolute atomic E-state index is 8.97. The van der Waals surface area contributed by atoms with Crippen LogP contribution >= 0.6 is 12.4 Å². The molecular formula is C6H14ClNO. The van der Waals surface area contributed by atoms with E-state index in [1.165, 1.54) is 0 Å². The van der Waals surface area contributed by atoms with E-state index in [1.54, 1.807) is 0 Å². The first-order chi connectivity index (χ1) is 3.79. The maximum Gasteiger partial charge on any atom is 0.0541 e. The fourth-order valence-corrected chi connectivity index (χ4v) is 1.10. The summed E-state index contributed by atoms with van der Waals surface area (Å²) < 4.78 is 0. The molecule has 2 nitrogen and oxygen atoms in total. The predicted octanol–water partition coefficient (Wildman–Crippen LogP) is 0.670. The van der Waals surface area contributed by atoms with E-state index in [0.29, 0.717) is 6.04 Å². The van der Waals surface area contributed by atoms with Crippen molar-refractivity contribution in [3.05, 3.63) is 0 Å². The fourth-order valence-electron chi connectivity index (χ4n) is 1.10. The molecule has 0 amide bonds. The monoisotopic (exact) mass is 151 g/mol. The molecule has 0 spiro atoms. The minimum atomic E-state index is -0.0604. The highest BCUT2D eigenvalue weighted by Gasteiger charge is 2.14. The third kappa shape index (κ3) is 3.04. The summed E-state index contributed by atoms with van der Waals surface area (Å²) in [5.41, 5.74) is 5.59. The molecule has 1 fully saturated rings. The van der Waals surface area contributed by atoms with Gasteiger partial charge in [-0.25, -0.2) is 0 Å². The fraction of sp³-hybridized carbons (Fsp3) is 1.00. The molecule has 0 aromatic heterocycles. The van der Waals surface area contributed by atoms with E-state index in [2.05, 4.69) is 0 Å². The summed E-state index contributed by atoms with van der Waals surface area (Å²) in [7, 11) is 0. The van der Waals surface area contributed by atoms with Gasteiger partial charge in [-0.3, -0.25) is 0 Å². The third-order valence-corrected chi connectivity index (χ3v) is 1.74. The van der Waals surface area contributed by atoms with Crippen molar-refractivity contribution in [1.82, 2.24) is 0 Å². The van der Waals surface area contributed by atoms with Crippen molar-refractivity contribution >= 4 is 12.4 Å². The summed E-state index contributed by atoms with van der Waals surface area (Å²) in [5, 5.41) is 8.97. The van der Waals surface area contributed by atoms with Crippen LogP contribution in [-0.4, -0.2) is 17.3 Å². The highest BCUT2D eigenvalue weighted by Crippen LogP contribution is 2.15. The molecule has 0 saturated heterocycles. The normalized spacial score (nSPS) is 35.3. The molecule has 0 aliphatic heterocycles. The van der Waals surface area contributed by atoms with Crippen LogP contribution in [-0.2, 0) is 0 Å². The van der Waals surface area contributed by atoms with E-state index in [4.69, 9.17) is 10.8 Å². The van der Waals surface area contributed by atoms with Gasteiger partial charge in [0, 0.05) is 6.04 Å². The van der Waals surface area contributed by atoms with E-state index < -0.39 is 0 Å². The van der Waals surface area contributed by atoms with Gasteiger partial charge in [-0.05, 0) is 25.7 Å². The molecule has 0 radical (unpaired) electrons. The largest absolute Gasteiger partial charge is 0.393 e. The van der Waals surface area contributed by atoms with Crippen molar-refractivity contribution in [2.45, 2.75) is 37.8 Å². The summed E-state index contributed by atoms with van der Waals surface area (Å²) in [6, 6.07) is 0.360. The molecule has 3 N–H and O–H groups in total. The van der Waals surface area contributed by atoms with Crippen molar-refractivity contribution in [2.75, 3.05) is 0 Å². The second-order valence-electron chi connectivity index (χ2n) is 2.57. The van der Waals surface area contributed by atoms with Crippen LogP contribution in [0.25, 0.3) is 0 Å². The Morgan fingerprint density at radius 1 is 1.11 bits per heavy atom. The highest BCUT2D eigenvalue weighted by atomic mass is 35.5. The van der Waals surface area contributed by atoms with Crippen LogP contribution in [0.5, 0.6) is 0 Å². The summed E-state index contributed by atoms with van der Waals surface area (Å²) in [6.07, 6.45) is 3.75. The van der Waals surface area contributed by atoms with Gasteiger partial charge in [0.05, 0.1) is 6.10 Å². The lowest BCUT2D eigenvalue weighted by molar-refractivity contribution is 0.123. The average Bonchev–Trinajstić information content (AvgIpc) is 1.77. The van der Waals surface area contributed by atoms with E-state index in [9.17, 15) is 0 Å². The molecule has 1 aliphatic rings. The molecule has 0 aromatic carbocycles. The van der Waals surface area contributed by atoms with Gasteiger partial charge in [0.25, 0.3) is 0 Å². The Hall–Kier alpha value is 0.210. The Kier molecular flexibility index (Phi) is 4.19. The van der Waals surface area contributed by atoms with Crippen molar-refractivity contribution in [3.8, 4) is 0 Å². The van der Waals surface area contributed by atoms with Crippen LogP contribution in [0.15, 0.2) is 0 Å². The van der Waals surface area contributed by atoms with E-state index in [-0.39, 0.29) is 18.5 Å². The number of rotatable bonds is 0. The number of nitrogens with two attached hydrogens (primary N) is 1. The Morgan fingerprint density at radius 2 is 1.56 bits per heavy atom. The topological polar surface area (TPSA) is 46.2 Å². The summed E-state index contributed by atoms with van der Waals surface area (Å²) in [6.45, 7) is 0. The van der Waals surface area contributed by atoms with E-state index >= 15 is 0 Å². The van der Waals surface area contributed by atoms with Crippen molar-refractivity contribution in [3.63, 3.8) is 0 Å². The molecule has 1 rings (SSSR count). The quantitative estimate of drug-likeness (QED) is 0.535. The Morgan fingerprint density at radius 3 is 1.89 bits per heavy atom. The lowest BCUT2D eigenvalue weighted by Gasteiger charge is -2.21. The molecule has 56 valence electrons. The van der Waals surface area contributed by atoms with E-state index in [0.717, 1.165) is 25.7 Å². The third-order valence-electron chi connectivity index (χ3n) is 1.74. The zero-order valence-corrected chi connectivity index (χ0v) is 6.23. The Balaban J connectivity index is 0.000000640. The number of aliphatic hydroxyl groups is 1. The standard InChI is InChI=1S/C6H13NO.ClH/c7-5-1-3-6(8)4-2-5;/h5-6,8H,1-4,7H2;1H. The molecule has 0 aromatic rings. The zero-order chi connectivity index (χ0) is 5.98. The van der Waals surface area contributed by atoms with Gasteiger partial charge in [-0.1, -0.05) is 0 Å². The predicted molar refractivity (Wildman–Crippen MR) is 39.7 cm³/mol. The SMILES string of the molecule is Cl.NC1CCC(O)CC1. The van der Waals surface area contributed by atoms with Crippen molar-refractivity contribution in [1.29, 1.82) is 0 Å². The minimum Gasteiger partial charge on any atom is -0.393 e. The molecule has 0 bridgehead atoms. The van der Waals surface area contributed by atoms with Crippen LogP contribution in [0.4, 0.5) is 0 Å². The molecule has 0 heterocycles. The number of aliphatic hydroxyl groups excluding tert-OH is 1. The van der Waals surface area contributed by atoms with Crippen LogP contribution < -0.4 is 5.73 Å². The lowest BCUT2D eigenvalue weighted by atomic mass is 9.94. The van der Waals surface area contributed by atoms with Gasteiger partial charge in [0.2, 0.25) is 0 Å². The van der Waals surface area contributed by atoms with Crippen LogP contribution in [0, 0.1) is 0 Å². The van der Waals surface area contributed by atoms with Gasteiger partial charge in [-0.2, -0.15) is 0 Å². The summed E-state index contributed by atoms with van der Waals surface area (Å²) >= 11 is 0. The molecule has 1 aliphatic carbocycles. The summed E-state index contributed by atoms with van der Waals surface area (Å²) in [5.74, 6) is 0. The van der Waals surface area contributed by atoms with Crippen molar-refractivity contribution in [2.24, 2.45) is 5.73 Å². The number of halogens is 1. The van der Waals surface area contributed by atoms with Gasteiger partial charge in [-0.15, -0.1) is 12.4 Å². The maximum atomic E-state index is 8.97. The van der Waals surface area contributed by atoms with Crippen LogP contribution in [0.3, 0.4) is 0 Å². The number of hydrogen-bond donors (Lipinski definition) is 2. The van der Waals surface area contributed by atoms with Crippen LogP contribution in [0.2, 0.25) is 0 Å². The molecule has 9 heavy (non-hydrogen) atoms. The lowest BCUT2D eigenvalue weighted by Crippen LogP contribution is -2.28. The zero-order valence-electron chi connectivity index (χ0n) is 5.42. The van der Waals surface area contributed by atoms with Gasteiger partial charge < -0.3 is 10.8 Å². The average molecular weight is 152 g/mol. The second-order valence-corrected chi connectivity index (χ2v) is 2.57. The number of hydrogen-bond acceptors (Lipinski definition) is 2. The highest BCUT2D eigenvalue weighted by molar-refractivity contribution is 5.85. The minimum absolute atomic E-state index is 0. The molecule has 1 saturated carbocycles. The van der Waals surface area contributed by atoms with Gasteiger partial charge in [0.15, 0.2) is 0 Å². The van der Waals surface area contributed by atoms with Gasteiger partial charge >= 0.3 is 0 Å².